The molecule has 4 atom stereocenters. The average molecular weight is 1880 g/mol. The summed E-state index contributed by atoms with van der Waals surface area (Å²) in [4.78, 5) is 116. The number of carbonyl (C=O) groups excluding carboxylic acids is 8. The Balaban J connectivity index is 0.000000358. The van der Waals surface area contributed by atoms with E-state index in [1.165, 1.54) is 7.11 Å². The van der Waals surface area contributed by atoms with E-state index in [0.29, 0.717) is 107 Å². The van der Waals surface area contributed by atoms with Gasteiger partial charge in [-0.2, -0.15) is 18.6 Å². The van der Waals surface area contributed by atoms with Crippen LogP contribution in [0, 0.1) is 5.41 Å². The van der Waals surface area contributed by atoms with Crippen LogP contribution in [0.5, 0.6) is 0 Å². The van der Waals surface area contributed by atoms with Crippen LogP contribution in [-0.2, 0) is 84.1 Å². The maximum absolute atomic E-state index is 12.5. The molecule has 0 aliphatic heterocycles. The van der Waals surface area contributed by atoms with Crippen molar-refractivity contribution in [3.05, 3.63) is 252 Å². The summed E-state index contributed by atoms with van der Waals surface area (Å²) >= 11 is 0. The normalized spacial score (nSPS) is 11.7. The van der Waals surface area contributed by atoms with E-state index in [9.17, 15) is 56.7 Å². The highest BCUT2D eigenvalue weighted by atomic mass is 35.5. The van der Waals surface area contributed by atoms with Gasteiger partial charge in [0.2, 0.25) is 5.90 Å². The number of amides is 8. The number of hydrazine groups is 1. The van der Waals surface area contributed by atoms with E-state index >= 15 is 0 Å². The number of H-pyrrole nitrogens is 2. The molecule has 0 aliphatic rings. The Morgan fingerprint density at radius 1 is 0.406 bits per heavy atom. The van der Waals surface area contributed by atoms with Crippen LogP contribution in [0.15, 0.2) is 212 Å². The number of carboxylic acids is 1. The number of unbranched alkanes of at least 4 members (excludes halogenated alkanes) is 4. The molecule has 17 N–H and O–H groups in total. The van der Waals surface area contributed by atoms with E-state index in [1.807, 2.05) is 226 Å². The zero-order chi connectivity index (χ0) is 96.6. The van der Waals surface area contributed by atoms with Crippen LogP contribution in [0.2, 0.25) is 0 Å². The van der Waals surface area contributed by atoms with E-state index < -0.39 is 106 Å². The zero-order valence-electron chi connectivity index (χ0n) is 76.6. The highest BCUT2D eigenvalue weighted by Crippen LogP contribution is 2.24. The van der Waals surface area contributed by atoms with Crippen LogP contribution in [0.25, 0.3) is 22.8 Å². The summed E-state index contributed by atoms with van der Waals surface area (Å²) in [6.07, 6.45) is 2.41. The number of nitrogens with one attached hydrogen (secondary N) is 12. The summed E-state index contributed by atoms with van der Waals surface area (Å²) in [5.74, 6) is 5.83. The summed E-state index contributed by atoms with van der Waals surface area (Å²) < 4.78 is 65.3. The van der Waals surface area contributed by atoms with Crippen molar-refractivity contribution >= 4 is 83.0 Å². The first-order valence-corrected chi connectivity index (χ1v) is 44.4. The molecule has 0 bridgehead atoms. The second-order valence-electron chi connectivity index (χ2n) is 32.3. The lowest BCUT2D eigenvalue weighted by Gasteiger charge is -2.20. The number of aromatic nitrogens is 6. The van der Waals surface area contributed by atoms with Crippen LogP contribution in [0.4, 0.5) is 33.6 Å². The molecule has 2 heterocycles. The number of nitrogens with zero attached hydrogens (tertiary/aromatic N) is 4. The summed E-state index contributed by atoms with van der Waals surface area (Å²) in [6.45, 7) is 18.0. The van der Waals surface area contributed by atoms with Gasteiger partial charge >= 0.3 is 48.6 Å². The van der Waals surface area contributed by atoms with Gasteiger partial charge < -0.3 is 80.2 Å². The predicted octanol–water partition coefficient (Wildman–Crippen LogP) is 14.6. The molecule has 0 spiro atoms. The molecule has 2 aromatic heterocycles. The lowest BCUT2D eigenvalue weighted by atomic mass is 10.1. The predicted molar refractivity (Wildman–Crippen MR) is 502 cm³/mol. The zero-order valence-corrected chi connectivity index (χ0v) is 78.3. The number of hydrogen-bond donors (Lipinski definition) is 15. The van der Waals surface area contributed by atoms with Gasteiger partial charge in [0, 0.05) is 42.9 Å². The second kappa shape index (κ2) is 61.0. The maximum atomic E-state index is 12.5. The Labute approximate surface area is 782 Å². The van der Waals surface area contributed by atoms with E-state index in [4.69, 9.17) is 54.3 Å². The molecule has 8 amide bonds. The van der Waals surface area contributed by atoms with Crippen molar-refractivity contribution in [1.29, 1.82) is 5.41 Å². The molecule has 9 aromatic rings. The highest BCUT2D eigenvalue weighted by molar-refractivity contribution is 7.87. The van der Waals surface area contributed by atoms with Crippen LogP contribution < -0.4 is 58.3 Å². The number of rotatable bonds is 40. The van der Waals surface area contributed by atoms with E-state index in [2.05, 4.69) is 72.3 Å². The third-order valence-electron chi connectivity index (χ3n) is 17.7. The lowest BCUT2D eigenvalue weighted by molar-refractivity contribution is -0.139. The number of aliphatic carboxylic acids is 1. The second-order valence-corrected chi connectivity index (χ2v) is 33.7. The lowest BCUT2D eigenvalue weighted by Crippen LogP contribution is -2.49. The third kappa shape index (κ3) is 51.4. The molecule has 0 saturated carbocycles. The van der Waals surface area contributed by atoms with Gasteiger partial charge in [-0.15, -0.1) is 12.4 Å². The van der Waals surface area contributed by atoms with Crippen molar-refractivity contribution in [1.82, 2.24) is 77.7 Å². The molecule has 133 heavy (non-hydrogen) atoms. The first kappa shape index (κ1) is 112. The molecular weight excluding hydrogens is 1760 g/mol. The standard InChI is InChI=1S/C26H33N5O4.C21H26N6O4S.C19H30N4O5.C19H28N2O6.C8H9NO.ClH/c1-26(2,3)35-24(32)27-17-11-10-16-21(28-25(33)34-18-19-12-6-4-7-13-19)23-29-22(30-31-23)20-14-8-5-9-15-20;22-32(29,30)23-14-8-7-13-18(24-21(28)31-15-16-9-3-1-4-10-16)20-25-19(26-27-20)17-11-5-2-6-12-17;1-19(2,3)28-17(25)21-12-8-7-11-15(16(24)23-20)22-18(26)27-13-14-9-5-4-6-10-14;1-19(2,3)27-17(24)20-12-8-7-11-15(16(22)23)21-18(25)26-13-14-9-5-4-6-10-14;1-10-8(9)7-5-3-2-4-6-7;/h4-9,12-15,21H,10-11,16-18H2,1-3H3,(H,27,32)(H,28,33)(H,29,30,31);1-6,9-12,18,23H,7-8,13-15H2,(H,24,28)(H2,22,29,30)(H,25,26,27);4-6,9-10,15H,7-8,11-13,20H2,1-3H3,(H,21,25)(H,22,26)(H,23,24);4-6,9-10,15H,7-8,11-13H2,1-3H3,(H,20,24)(H,21,25)(H,22,23);2-6,9H,1H3;1H/t21-;18-;2*15-;;/m0000../s1. The number of halogens is 1. The average Bonchev–Trinajstić information content (AvgIpc) is 1.71. The van der Waals surface area contributed by atoms with Crippen LogP contribution in [0.1, 0.15) is 191 Å². The molecule has 9 rings (SSSR count). The smallest absolute Gasteiger partial charge is 0.408 e. The fourth-order valence-electron chi connectivity index (χ4n) is 11.4. The number of aromatic amines is 2. The highest BCUT2D eigenvalue weighted by Gasteiger charge is 2.27. The fraction of sp³-hybridized carbons (Fsp3) is 0.398. The summed E-state index contributed by atoms with van der Waals surface area (Å²) in [5.41, 5.74) is 6.33. The van der Waals surface area contributed by atoms with Gasteiger partial charge in [-0.1, -0.05) is 200 Å². The Kier molecular flexibility index (Phi) is 51.2. The van der Waals surface area contributed by atoms with Gasteiger partial charge in [-0.05, 0) is 174 Å². The number of alkyl carbamates (subject to hydrolysis) is 7. The van der Waals surface area contributed by atoms with Crippen LogP contribution in [0.3, 0.4) is 0 Å². The number of benzene rings is 7. The third-order valence-corrected chi connectivity index (χ3v) is 18.3. The van der Waals surface area contributed by atoms with Crippen molar-refractivity contribution < 1.29 is 94.6 Å². The van der Waals surface area contributed by atoms with Gasteiger partial charge in [0.15, 0.2) is 11.6 Å². The Hall–Kier alpha value is -13.8. The molecular formula is C93H127ClN18O20S. The monoisotopic (exact) mass is 1880 g/mol. The first-order chi connectivity index (χ1) is 62.9. The molecule has 0 unspecified atom stereocenters. The number of methoxy groups -OCH3 is 1. The topological polar surface area (TPSA) is 549 Å². The van der Waals surface area contributed by atoms with Crippen molar-refractivity contribution in [3.63, 3.8) is 0 Å². The van der Waals surface area contributed by atoms with Gasteiger partial charge in [0.25, 0.3) is 16.1 Å². The molecule has 722 valence electrons. The molecule has 40 heteroatoms. The minimum atomic E-state index is -3.73. The van der Waals surface area contributed by atoms with Crippen molar-refractivity contribution in [2.24, 2.45) is 11.0 Å². The quantitative estimate of drug-likeness (QED) is 0.00322. The largest absolute Gasteiger partial charge is 0.481 e. The fourth-order valence-corrected chi connectivity index (χ4v) is 11.9. The summed E-state index contributed by atoms with van der Waals surface area (Å²) in [6, 6.07) is 62.8. The Morgan fingerprint density at radius 2 is 0.692 bits per heavy atom. The molecule has 0 fully saturated rings. The molecule has 0 aliphatic carbocycles. The van der Waals surface area contributed by atoms with Gasteiger partial charge in [0.05, 0.1) is 19.2 Å². The number of nitrogens with two attached hydrogens (primary N) is 2. The van der Waals surface area contributed by atoms with Crippen LogP contribution in [-0.4, -0.2) is 166 Å². The number of hydrogen-bond acceptors (Lipinski definition) is 25. The van der Waals surface area contributed by atoms with Crippen molar-refractivity contribution in [2.75, 3.05) is 33.3 Å². The summed E-state index contributed by atoms with van der Waals surface area (Å²) in [5, 5.41) is 54.3. The molecule has 0 radical (unpaired) electrons. The number of ether oxygens (including phenoxy) is 8. The minimum absolute atomic E-state index is 0. The first-order valence-electron chi connectivity index (χ1n) is 42.9. The van der Waals surface area contributed by atoms with E-state index in [0.717, 1.165) is 45.4 Å². The molecule has 38 nitrogen and oxygen atoms in total. The van der Waals surface area contributed by atoms with E-state index in [-0.39, 0.29) is 57.7 Å². The van der Waals surface area contributed by atoms with Crippen molar-refractivity contribution in [3.8, 4) is 22.8 Å². The van der Waals surface area contributed by atoms with E-state index in [1.54, 1.807) is 53.7 Å². The van der Waals surface area contributed by atoms with Crippen molar-refractivity contribution in [2.45, 2.75) is 207 Å². The van der Waals surface area contributed by atoms with Gasteiger partial charge in [-0.3, -0.25) is 25.8 Å². The Morgan fingerprint density at radius 3 is 0.992 bits per heavy atom. The maximum Gasteiger partial charge on any atom is 0.408 e. The number of carboxylic acid groups (broad SMARTS) is 1. The SMILES string of the molecule is CC(C)(C)OC(=O)NCCCC[C@H](NC(=O)OCc1ccccc1)C(=O)NN.CC(C)(C)OC(=O)NCCCC[C@H](NC(=O)OCc1ccccc1)C(=O)O.CC(C)(C)OC(=O)NCCCC[C@H](NC(=O)OCc1ccccc1)c1nc(-c2ccccc2)n[nH]1.COC(=N)c1ccccc1.Cl.NS(=O)(=O)NCCCC[C@H](NC(=O)OCc1ccccc1)c1nc(-c2ccccc2)n[nH]1. The molecule has 7 aromatic carbocycles. The molecule has 0 saturated heterocycles. The number of carbonyl (C=O) groups is 9. The Bertz CT molecular complexity index is 5010. The minimum Gasteiger partial charge on any atom is -0.481 e. The summed E-state index contributed by atoms with van der Waals surface area (Å²) in [7, 11) is -2.23. The van der Waals surface area contributed by atoms with Crippen LogP contribution >= 0.6 is 12.4 Å². The van der Waals surface area contributed by atoms with Gasteiger partial charge in [-0.25, -0.2) is 64.0 Å². The van der Waals surface area contributed by atoms with Gasteiger partial charge in [0.1, 0.15) is 67.0 Å².